The third kappa shape index (κ3) is 5.10. The van der Waals surface area contributed by atoms with Gasteiger partial charge in [0.2, 0.25) is 6.04 Å². The Morgan fingerprint density at radius 2 is 2.21 bits per heavy atom. The highest BCUT2D eigenvalue weighted by Crippen LogP contribution is 2.48. The van der Waals surface area contributed by atoms with E-state index >= 15 is 0 Å². The molecule has 1 aromatic heterocycles. The summed E-state index contributed by atoms with van der Waals surface area (Å²) in [5.74, 6) is -0.0436. The van der Waals surface area contributed by atoms with Gasteiger partial charge in [-0.1, -0.05) is 25.5 Å². The average molecular weight is 416 g/mol. The van der Waals surface area contributed by atoms with Crippen molar-refractivity contribution in [3.8, 4) is 0 Å². The summed E-state index contributed by atoms with van der Waals surface area (Å²) in [6, 6.07) is 3.68. The van der Waals surface area contributed by atoms with Crippen LogP contribution in [-0.2, 0) is 6.42 Å². The minimum Gasteiger partial charge on any atom is -0.477 e. The number of hydrogen-bond acceptors (Lipinski definition) is 3. The second-order valence-corrected chi connectivity index (χ2v) is 9.99. The minimum absolute atomic E-state index is 0.0672. The Morgan fingerprint density at radius 1 is 1.41 bits per heavy atom. The Bertz CT molecular complexity index is 753. The van der Waals surface area contributed by atoms with Crippen molar-refractivity contribution < 1.29 is 15.0 Å². The molecule has 3 rings (SSSR count). The highest BCUT2D eigenvalue weighted by Gasteiger charge is 2.41. The lowest BCUT2D eigenvalue weighted by Crippen LogP contribution is -2.40. The van der Waals surface area contributed by atoms with Gasteiger partial charge < -0.3 is 15.1 Å². The van der Waals surface area contributed by atoms with E-state index < -0.39 is 5.97 Å². The van der Waals surface area contributed by atoms with Gasteiger partial charge in [-0.3, -0.25) is 0 Å². The van der Waals surface area contributed by atoms with Gasteiger partial charge in [0, 0.05) is 11.3 Å². The number of carboxylic acids is 1. The van der Waals surface area contributed by atoms with E-state index in [-0.39, 0.29) is 23.5 Å². The van der Waals surface area contributed by atoms with Gasteiger partial charge >= 0.3 is 5.97 Å². The lowest BCUT2D eigenvalue weighted by Gasteiger charge is -2.45. The Balaban J connectivity index is 1.51. The molecule has 4 atom stereocenters. The predicted molar refractivity (Wildman–Crippen MR) is 117 cm³/mol. The summed E-state index contributed by atoms with van der Waals surface area (Å²) in [6.07, 6.45) is 14.4. The van der Waals surface area contributed by atoms with Crippen LogP contribution < -0.4 is 0 Å². The van der Waals surface area contributed by atoms with E-state index in [4.69, 9.17) is 11.7 Å². The van der Waals surface area contributed by atoms with Gasteiger partial charge in [-0.25, -0.2) is 11.4 Å². The normalized spacial score (nSPS) is 26.9. The molecule has 0 aromatic carbocycles. The SMILES string of the molecule is [C-]#[N+][C@@H]1CC[C@H](CCCc2ccc(C(=O)O)s2)C1/C=C/CC(O)C1(CC)CCC1. The zero-order chi connectivity index (χ0) is 20.9. The monoisotopic (exact) mass is 415 g/mol. The first-order valence-corrected chi connectivity index (χ1v) is 11.8. The largest absolute Gasteiger partial charge is 0.477 e. The second-order valence-electron chi connectivity index (χ2n) is 8.82. The van der Waals surface area contributed by atoms with Gasteiger partial charge in [0.25, 0.3) is 0 Å². The van der Waals surface area contributed by atoms with E-state index in [9.17, 15) is 9.90 Å². The van der Waals surface area contributed by atoms with Gasteiger partial charge in [-0.15, -0.1) is 11.3 Å². The van der Waals surface area contributed by atoms with Crippen molar-refractivity contribution in [2.45, 2.75) is 83.3 Å². The van der Waals surface area contributed by atoms with Crippen molar-refractivity contribution in [1.82, 2.24) is 0 Å². The summed E-state index contributed by atoms with van der Waals surface area (Å²) in [5.41, 5.74) is 0.133. The molecule has 2 unspecified atom stereocenters. The maximum atomic E-state index is 11.0. The molecule has 5 heteroatoms. The molecular formula is C24H33NO3S. The first-order valence-electron chi connectivity index (χ1n) is 11.0. The number of thiophene rings is 1. The second kappa shape index (κ2) is 9.91. The molecule has 1 heterocycles. The van der Waals surface area contributed by atoms with Crippen molar-refractivity contribution in [2.24, 2.45) is 17.3 Å². The summed E-state index contributed by atoms with van der Waals surface area (Å²) in [7, 11) is 0. The first-order chi connectivity index (χ1) is 14.0. The quantitative estimate of drug-likeness (QED) is 0.365. The van der Waals surface area contributed by atoms with Gasteiger partial charge in [0.1, 0.15) is 4.88 Å². The Hall–Kier alpha value is -1.64. The molecule has 2 aliphatic rings. The molecule has 29 heavy (non-hydrogen) atoms. The maximum absolute atomic E-state index is 11.0. The molecule has 0 spiro atoms. The zero-order valence-corrected chi connectivity index (χ0v) is 18.2. The van der Waals surface area contributed by atoms with E-state index in [1.54, 1.807) is 6.07 Å². The van der Waals surface area contributed by atoms with Crippen LogP contribution in [0.25, 0.3) is 4.85 Å². The number of rotatable bonds is 10. The van der Waals surface area contributed by atoms with Gasteiger partial charge in [0.15, 0.2) is 0 Å². The fraction of sp³-hybridized carbons (Fsp3) is 0.667. The van der Waals surface area contributed by atoms with Crippen molar-refractivity contribution in [2.75, 3.05) is 0 Å². The van der Waals surface area contributed by atoms with Crippen LogP contribution in [0.3, 0.4) is 0 Å². The van der Waals surface area contributed by atoms with E-state index in [2.05, 4.69) is 23.9 Å². The lowest BCUT2D eigenvalue weighted by atomic mass is 9.63. The number of hydrogen-bond donors (Lipinski definition) is 2. The molecule has 1 aromatic rings. The Morgan fingerprint density at radius 3 is 2.79 bits per heavy atom. The average Bonchev–Trinajstić information content (AvgIpc) is 3.29. The molecule has 2 saturated carbocycles. The molecule has 0 saturated heterocycles. The highest BCUT2D eigenvalue weighted by atomic mass is 32.1. The smallest absolute Gasteiger partial charge is 0.345 e. The van der Waals surface area contributed by atoms with Crippen LogP contribution in [-0.4, -0.2) is 28.3 Å². The molecule has 158 valence electrons. The van der Waals surface area contributed by atoms with E-state index in [0.717, 1.165) is 56.2 Å². The van der Waals surface area contributed by atoms with E-state index in [1.165, 1.54) is 17.8 Å². The summed E-state index contributed by atoms with van der Waals surface area (Å²) in [5, 5.41) is 19.7. The van der Waals surface area contributed by atoms with Gasteiger partial charge in [0.05, 0.1) is 12.0 Å². The number of aromatic carboxylic acids is 1. The maximum Gasteiger partial charge on any atom is 0.345 e. The van der Waals surface area contributed by atoms with Crippen LogP contribution in [0.5, 0.6) is 0 Å². The van der Waals surface area contributed by atoms with Crippen LogP contribution in [0.4, 0.5) is 0 Å². The molecule has 0 aliphatic heterocycles. The van der Waals surface area contributed by atoms with Crippen LogP contribution in [0.15, 0.2) is 24.3 Å². The van der Waals surface area contributed by atoms with Crippen LogP contribution in [0, 0.1) is 23.8 Å². The molecule has 0 bridgehead atoms. The molecular weight excluding hydrogens is 382 g/mol. The number of aliphatic hydroxyl groups excluding tert-OH is 1. The number of aryl methyl sites for hydroxylation is 1. The topological polar surface area (TPSA) is 61.9 Å². The lowest BCUT2D eigenvalue weighted by molar-refractivity contribution is -0.0355. The van der Waals surface area contributed by atoms with Crippen LogP contribution in [0.1, 0.15) is 79.3 Å². The molecule has 4 nitrogen and oxygen atoms in total. The van der Waals surface area contributed by atoms with Gasteiger partial charge in [-0.05, 0) is 74.8 Å². The number of nitrogens with zero attached hydrogens (tertiary/aromatic N) is 1. The molecule has 2 aliphatic carbocycles. The highest BCUT2D eigenvalue weighted by molar-refractivity contribution is 7.13. The zero-order valence-electron chi connectivity index (χ0n) is 17.3. The molecule has 2 fully saturated rings. The fourth-order valence-corrected chi connectivity index (χ4v) is 6.08. The summed E-state index contributed by atoms with van der Waals surface area (Å²) in [4.78, 5) is 16.4. The Labute approximate surface area is 178 Å². The third-order valence-corrected chi connectivity index (χ3v) is 8.47. The van der Waals surface area contributed by atoms with Crippen LogP contribution >= 0.6 is 11.3 Å². The molecule has 0 amide bonds. The van der Waals surface area contributed by atoms with Crippen molar-refractivity contribution in [3.63, 3.8) is 0 Å². The first kappa shape index (κ1) is 22.1. The summed E-state index contributed by atoms with van der Waals surface area (Å²) >= 11 is 1.37. The van der Waals surface area contributed by atoms with Crippen molar-refractivity contribution in [3.05, 3.63) is 45.5 Å². The molecule has 2 N–H and O–H groups in total. The number of carbonyl (C=O) groups is 1. The number of aliphatic hydroxyl groups is 1. The predicted octanol–water partition coefficient (Wildman–Crippen LogP) is 5.97. The standard InChI is InChI=1S/C24H33NO3S/c1-3-24(15-6-16-24)22(26)10-5-9-19-17(11-13-20(19)25-2)7-4-8-18-12-14-21(29-18)23(27)28/h5,9,12,14,17,19-20,22,26H,3-4,6-8,10-11,13,15-16H2,1H3,(H,27,28)/b9-5+/t17-,19?,20+,22?/m0/s1. The van der Waals surface area contributed by atoms with Crippen molar-refractivity contribution >= 4 is 17.3 Å². The van der Waals surface area contributed by atoms with Crippen LogP contribution in [0.2, 0.25) is 0 Å². The van der Waals surface area contributed by atoms with Gasteiger partial charge in [-0.2, -0.15) is 0 Å². The fourth-order valence-electron chi connectivity index (χ4n) is 5.19. The Kier molecular flexibility index (Phi) is 7.54. The molecule has 0 radical (unpaired) electrons. The van der Waals surface area contributed by atoms with E-state index in [0.29, 0.717) is 17.2 Å². The van der Waals surface area contributed by atoms with Crippen molar-refractivity contribution in [1.29, 1.82) is 0 Å². The minimum atomic E-state index is -0.851. The number of carboxylic acid groups (broad SMARTS) is 1. The summed E-state index contributed by atoms with van der Waals surface area (Å²) < 4.78 is 0. The van der Waals surface area contributed by atoms with E-state index in [1.807, 2.05) is 6.07 Å². The third-order valence-electron chi connectivity index (χ3n) is 7.34. The summed E-state index contributed by atoms with van der Waals surface area (Å²) in [6.45, 7) is 9.73.